The lowest BCUT2D eigenvalue weighted by Gasteiger charge is -2.08. The van der Waals surface area contributed by atoms with Crippen molar-refractivity contribution in [2.24, 2.45) is 5.73 Å². The molecule has 0 radical (unpaired) electrons. The minimum atomic E-state index is -0.0578. The fraction of sp³-hybridized carbons (Fsp3) is 0.133. The van der Waals surface area contributed by atoms with Crippen molar-refractivity contribution in [3.63, 3.8) is 0 Å². The van der Waals surface area contributed by atoms with Crippen molar-refractivity contribution in [1.82, 2.24) is 9.38 Å². The van der Waals surface area contributed by atoms with Crippen LogP contribution >= 0.6 is 0 Å². The Hall–Kier alpha value is -2.13. The van der Waals surface area contributed by atoms with Crippen LogP contribution in [0.2, 0.25) is 0 Å². The van der Waals surface area contributed by atoms with E-state index in [1.54, 1.807) is 0 Å². The summed E-state index contributed by atoms with van der Waals surface area (Å²) in [5.41, 5.74) is 10.2. The van der Waals surface area contributed by atoms with Crippen LogP contribution in [0.25, 0.3) is 16.9 Å². The summed E-state index contributed by atoms with van der Waals surface area (Å²) >= 11 is 0. The molecule has 2 aromatic heterocycles. The van der Waals surface area contributed by atoms with Crippen LogP contribution in [-0.2, 0) is 0 Å². The summed E-state index contributed by atoms with van der Waals surface area (Å²) in [6.45, 7) is 1.99. The smallest absolute Gasteiger partial charge is 0.137 e. The average Bonchev–Trinajstić information content (AvgIpc) is 2.79. The van der Waals surface area contributed by atoms with E-state index >= 15 is 0 Å². The van der Waals surface area contributed by atoms with Crippen LogP contribution in [0.5, 0.6) is 0 Å². The Balaban J connectivity index is 2.32. The van der Waals surface area contributed by atoms with Gasteiger partial charge < -0.3 is 10.1 Å². The van der Waals surface area contributed by atoms with Gasteiger partial charge in [-0.25, -0.2) is 4.98 Å². The van der Waals surface area contributed by atoms with Gasteiger partial charge in [-0.2, -0.15) is 0 Å². The molecule has 0 bridgehead atoms. The molecule has 0 saturated heterocycles. The summed E-state index contributed by atoms with van der Waals surface area (Å²) in [7, 11) is 0. The number of aromatic nitrogens is 2. The van der Waals surface area contributed by atoms with Gasteiger partial charge in [0.15, 0.2) is 0 Å². The van der Waals surface area contributed by atoms with Crippen molar-refractivity contribution in [2.75, 3.05) is 0 Å². The third-order valence-corrected chi connectivity index (χ3v) is 3.05. The monoisotopic (exact) mass is 237 g/mol. The maximum atomic E-state index is 6.10. The maximum Gasteiger partial charge on any atom is 0.137 e. The zero-order chi connectivity index (χ0) is 12.5. The zero-order valence-corrected chi connectivity index (χ0v) is 10.2. The van der Waals surface area contributed by atoms with Gasteiger partial charge in [0.25, 0.3) is 0 Å². The molecule has 0 aliphatic rings. The number of nitrogens with two attached hydrogens (primary N) is 1. The number of pyridine rings is 1. The number of nitrogens with zero attached hydrogens (tertiary/aromatic N) is 2. The highest BCUT2D eigenvalue weighted by atomic mass is 15.0. The van der Waals surface area contributed by atoms with Crippen molar-refractivity contribution in [3.8, 4) is 11.3 Å². The Labute approximate surface area is 106 Å². The molecule has 3 nitrogen and oxygen atoms in total. The van der Waals surface area contributed by atoms with Crippen LogP contribution in [0, 0.1) is 0 Å². The molecule has 0 aliphatic carbocycles. The van der Waals surface area contributed by atoms with E-state index in [9.17, 15) is 0 Å². The van der Waals surface area contributed by atoms with Gasteiger partial charge in [0.05, 0.1) is 11.4 Å². The van der Waals surface area contributed by atoms with Gasteiger partial charge in [-0.15, -0.1) is 0 Å². The first-order valence-electron chi connectivity index (χ1n) is 6.05. The fourth-order valence-electron chi connectivity index (χ4n) is 2.26. The quantitative estimate of drug-likeness (QED) is 0.744. The van der Waals surface area contributed by atoms with Crippen LogP contribution in [0.1, 0.15) is 18.7 Å². The van der Waals surface area contributed by atoms with E-state index in [-0.39, 0.29) is 6.04 Å². The second-order valence-electron chi connectivity index (χ2n) is 4.43. The zero-order valence-electron chi connectivity index (χ0n) is 10.2. The van der Waals surface area contributed by atoms with E-state index in [2.05, 4.69) is 21.5 Å². The van der Waals surface area contributed by atoms with Gasteiger partial charge in [0.2, 0.25) is 0 Å². The van der Waals surface area contributed by atoms with Crippen molar-refractivity contribution in [2.45, 2.75) is 13.0 Å². The molecule has 0 fully saturated rings. The highest BCUT2D eigenvalue weighted by Crippen LogP contribution is 2.27. The van der Waals surface area contributed by atoms with Gasteiger partial charge in [-0.1, -0.05) is 36.4 Å². The molecule has 2 N–H and O–H groups in total. The predicted octanol–water partition coefficient (Wildman–Crippen LogP) is 3.02. The summed E-state index contributed by atoms with van der Waals surface area (Å²) < 4.78 is 2.06. The first-order valence-corrected chi connectivity index (χ1v) is 6.05. The van der Waals surface area contributed by atoms with Crippen LogP contribution in [-0.4, -0.2) is 9.38 Å². The van der Waals surface area contributed by atoms with Gasteiger partial charge in [-0.3, -0.25) is 0 Å². The summed E-state index contributed by atoms with van der Waals surface area (Å²) in [6.07, 6.45) is 2.01. The Kier molecular flexibility index (Phi) is 2.61. The van der Waals surface area contributed by atoms with Gasteiger partial charge in [-0.05, 0) is 19.1 Å². The normalized spacial score (nSPS) is 12.8. The first-order chi connectivity index (χ1) is 8.77. The molecule has 2 heterocycles. The molecule has 90 valence electrons. The van der Waals surface area contributed by atoms with Crippen molar-refractivity contribution in [3.05, 3.63) is 60.4 Å². The summed E-state index contributed by atoms with van der Waals surface area (Å²) in [5.74, 6) is 0. The molecule has 0 saturated carbocycles. The molecule has 3 rings (SSSR count). The summed E-state index contributed by atoms with van der Waals surface area (Å²) in [5, 5.41) is 0. The number of rotatable bonds is 2. The summed E-state index contributed by atoms with van der Waals surface area (Å²) in [4.78, 5) is 4.69. The SMILES string of the molecule is CC(N)c1c(-c2ccccc2)nc2ccccn12. The lowest BCUT2D eigenvalue weighted by molar-refractivity contribution is 0.772. The highest BCUT2D eigenvalue weighted by molar-refractivity contribution is 5.67. The van der Waals surface area contributed by atoms with E-state index in [4.69, 9.17) is 5.73 Å². The first kappa shape index (κ1) is 11.0. The molecule has 1 unspecified atom stereocenters. The molecule has 1 atom stereocenters. The van der Waals surface area contributed by atoms with Gasteiger partial charge in [0, 0.05) is 17.8 Å². The molecular weight excluding hydrogens is 222 g/mol. The fourth-order valence-corrected chi connectivity index (χ4v) is 2.26. The maximum absolute atomic E-state index is 6.10. The number of hydrogen-bond acceptors (Lipinski definition) is 2. The van der Waals surface area contributed by atoms with E-state index < -0.39 is 0 Å². The average molecular weight is 237 g/mol. The lowest BCUT2D eigenvalue weighted by atomic mass is 10.1. The molecule has 0 spiro atoms. The topological polar surface area (TPSA) is 43.3 Å². The molecular formula is C15H15N3. The number of benzene rings is 1. The molecule has 3 heteroatoms. The molecule has 1 aromatic carbocycles. The largest absolute Gasteiger partial charge is 0.323 e. The van der Waals surface area contributed by atoms with E-state index in [0.29, 0.717) is 0 Å². The number of hydrogen-bond donors (Lipinski definition) is 1. The molecule has 0 amide bonds. The minimum absolute atomic E-state index is 0.0578. The predicted molar refractivity (Wildman–Crippen MR) is 73.2 cm³/mol. The Morgan fingerprint density at radius 2 is 1.78 bits per heavy atom. The van der Waals surface area contributed by atoms with Crippen molar-refractivity contribution >= 4 is 5.65 Å². The Morgan fingerprint density at radius 1 is 1.06 bits per heavy atom. The third-order valence-electron chi connectivity index (χ3n) is 3.05. The Bertz CT molecular complexity index is 669. The van der Waals surface area contributed by atoms with E-state index in [1.807, 2.05) is 49.5 Å². The van der Waals surface area contributed by atoms with Gasteiger partial charge in [0.1, 0.15) is 5.65 Å². The third kappa shape index (κ3) is 1.69. The number of fused-ring (bicyclic) bond motifs is 1. The van der Waals surface area contributed by atoms with E-state index in [1.165, 1.54) is 0 Å². The molecule has 18 heavy (non-hydrogen) atoms. The van der Waals surface area contributed by atoms with Crippen molar-refractivity contribution < 1.29 is 0 Å². The van der Waals surface area contributed by atoms with Crippen LogP contribution < -0.4 is 5.73 Å². The Morgan fingerprint density at radius 3 is 2.50 bits per heavy atom. The standard InChI is InChI=1S/C15H15N3/c1-11(16)15-14(12-7-3-2-4-8-12)17-13-9-5-6-10-18(13)15/h2-11H,16H2,1H3. The van der Waals surface area contributed by atoms with Crippen LogP contribution in [0.15, 0.2) is 54.7 Å². The van der Waals surface area contributed by atoms with E-state index in [0.717, 1.165) is 22.6 Å². The highest BCUT2D eigenvalue weighted by Gasteiger charge is 2.16. The van der Waals surface area contributed by atoms with Gasteiger partial charge >= 0.3 is 0 Å². The second-order valence-corrected chi connectivity index (χ2v) is 4.43. The molecule has 3 aromatic rings. The lowest BCUT2D eigenvalue weighted by Crippen LogP contribution is -2.09. The number of imidazole rings is 1. The van der Waals surface area contributed by atoms with Crippen molar-refractivity contribution in [1.29, 1.82) is 0 Å². The summed E-state index contributed by atoms with van der Waals surface area (Å²) in [6, 6.07) is 16.1. The van der Waals surface area contributed by atoms with Crippen LogP contribution in [0.4, 0.5) is 0 Å². The second kappa shape index (κ2) is 4.27. The molecule has 0 aliphatic heterocycles. The van der Waals surface area contributed by atoms with Crippen LogP contribution in [0.3, 0.4) is 0 Å². The minimum Gasteiger partial charge on any atom is -0.323 e.